The van der Waals surface area contributed by atoms with Crippen LogP contribution in [0, 0.1) is 5.82 Å². The molecule has 0 heterocycles. The number of carboxylic acid groups (broad SMARTS) is 1. The van der Waals surface area contributed by atoms with Gasteiger partial charge >= 0.3 is 5.97 Å². The number of carboxylic acids is 1. The molecule has 1 aliphatic rings. The Morgan fingerprint density at radius 1 is 1.10 bits per heavy atom. The first kappa shape index (κ1) is 21.5. The number of rotatable bonds is 6. The normalized spacial score (nSPS) is 16.5. The van der Waals surface area contributed by atoms with E-state index in [9.17, 15) is 14.3 Å². The van der Waals surface area contributed by atoms with Crippen molar-refractivity contribution in [2.45, 2.75) is 31.4 Å². The molecule has 0 amide bonds. The standard InChI is InChI=1S/C25H23ClFNO3/c26-20-7-3-16(4-8-20)24(29)14-28-21-9-5-15-1-2-17(11-19(15)12-21)22-10-6-18(25(30)31)13-23(22)27/h1-4,6-8,10-11,13,21,24,28-29H,5,9,12,14H2,(H,30,31)/t21-,24-/m0/s1. The molecule has 0 spiro atoms. The van der Waals surface area contributed by atoms with Crippen molar-refractivity contribution in [1.29, 1.82) is 0 Å². The van der Waals surface area contributed by atoms with Crippen LogP contribution in [-0.4, -0.2) is 28.8 Å². The van der Waals surface area contributed by atoms with Gasteiger partial charge in [0.05, 0.1) is 11.7 Å². The van der Waals surface area contributed by atoms with Crippen LogP contribution in [0.25, 0.3) is 11.1 Å². The van der Waals surface area contributed by atoms with Crippen LogP contribution in [0.3, 0.4) is 0 Å². The lowest BCUT2D eigenvalue weighted by Gasteiger charge is -2.27. The van der Waals surface area contributed by atoms with Crippen LogP contribution in [0.4, 0.5) is 4.39 Å². The predicted octanol–water partition coefficient (Wildman–Crippen LogP) is 5.02. The van der Waals surface area contributed by atoms with Crippen molar-refractivity contribution < 1.29 is 19.4 Å². The van der Waals surface area contributed by atoms with E-state index in [2.05, 4.69) is 5.32 Å². The van der Waals surface area contributed by atoms with Gasteiger partial charge in [-0.05, 0) is 65.8 Å². The van der Waals surface area contributed by atoms with Crippen LogP contribution in [0.15, 0.2) is 60.7 Å². The molecule has 1 aliphatic carbocycles. The van der Waals surface area contributed by atoms with Crippen molar-refractivity contribution in [3.05, 3.63) is 93.8 Å². The summed E-state index contributed by atoms with van der Waals surface area (Å²) in [4.78, 5) is 11.0. The second-order valence-electron chi connectivity index (χ2n) is 7.90. The lowest BCUT2D eigenvalue weighted by Crippen LogP contribution is -2.37. The third-order valence-corrected chi connectivity index (χ3v) is 6.07. The third-order valence-electron chi connectivity index (χ3n) is 5.82. The minimum absolute atomic E-state index is 0.0669. The number of aliphatic hydroxyl groups is 1. The zero-order chi connectivity index (χ0) is 22.0. The molecule has 0 radical (unpaired) electrons. The van der Waals surface area contributed by atoms with E-state index in [4.69, 9.17) is 16.7 Å². The van der Waals surface area contributed by atoms with Crippen molar-refractivity contribution >= 4 is 17.6 Å². The maximum atomic E-state index is 14.5. The monoisotopic (exact) mass is 439 g/mol. The number of halogens is 2. The molecule has 6 heteroatoms. The number of fused-ring (bicyclic) bond motifs is 1. The number of aliphatic hydroxyl groups excluding tert-OH is 1. The van der Waals surface area contributed by atoms with E-state index in [0.29, 0.717) is 17.1 Å². The highest BCUT2D eigenvalue weighted by molar-refractivity contribution is 6.30. The maximum absolute atomic E-state index is 14.5. The minimum Gasteiger partial charge on any atom is -0.478 e. The molecule has 3 aromatic rings. The van der Waals surface area contributed by atoms with Crippen molar-refractivity contribution in [2.75, 3.05) is 6.54 Å². The summed E-state index contributed by atoms with van der Waals surface area (Å²) in [6, 6.07) is 17.3. The van der Waals surface area contributed by atoms with Gasteiger partial charge in [-0.15, -0.1) is 0 Å². The smallest absolute Gasteiger partial charge is 0.335 e. The number of aromatic carboxylic acids is 1. The summed E-state index contributed by atoms with van der Waals surface area (Å²) in [5, 5.41) is 23.5. The summed E-state index contributed by atoms with van der Waals surface area (Å²) in [5.41, 5.74) is 4.25. The van der Waals surface area contributed by atoms with Crippen LogP contribution in [0.1, 0.15) is 39.6 Å². The van der Waals surface area contributed by atoms with Crippen molar-refractivity contribution in [2.24, 2.45) is 0 Å². The van der Waals surface area contributed by atoms with Crippen molar-refractivity contribution in [3.63, 3.8) is 0 Å². The van der Waals surface area contributed by atoms with Crippen molar-refractivity contribution in [3.8, 4) is 11.1 Å². The van der Waals surface area contributed by atoms with Gasteiger partial charge in [0.25, 0.3) is 0 Å². The van der Waals surface area contributed by atoms with Gasteiger partial charge in [-0.25, -0.2) is 9.18 Å². The third kappa shape index (κ3) is 4.96. The molecule has 0 saturated carbocycles. The Labute approximate surface area is 185 Å². The van der Waals surface area contributed by atoms with Gasteiger partial charge in [-0.3, -0.25) is 0 Å². The van der Waals surface area contributed by atoms with Gasteiger partial charge in [0.2, 0.25) is 0 Å². The van der Waals surface area contributed by atoms with Crippen LogP contribution in [-0.2, 0) is 12.8 Å². The number of aryl methyl sites for hydroxylation is 1. The highest BCUT2D eigenvalue weighted by atomic mass is 35.5. The summed E-state index contributed by atoms with van der Waals surface area (Å²) in [6.07, 6.45) is 2.03. The van der Waals surface area contributed by atoms with Gasteiger partial charge in [-0.1, -0.05) is 48.0 Å². The number of benzene rings is 3. The molecule has 3 N–H and O–H groups in total. The van der Waals surface area contributed by atoms with Crippen LogP contribution >= 0.6 is 11.6 Å². The summed E-state index contributed by atoms with van der Waals surface area (Å²) in [5.74, 6) is -1.69. The first-order chi connectivity index (χ1) is 14.9. The molecule has 2 atom stereocenters. The molecule has 0 aliphatic heterocycles. The van der Waals surface area contributed by atoms with E-state index in [0.717, 1.165) is 42.0 Å². The summed E-state index contributed by atoms with van der Waals surface area (Å²) in [7, 11) is 0. The fourth-order valence-electron chi connectivity index (χ4n) is 4.06. The Kier molecular flexibility index (Phi) is 6.37. The first-order valence-electron chi connectivity index (χ1n) is 10.2. The Bertz CT molecular complexity index is 1100. The summed E-state index contributed by atoms with van der Waals surface area (Å²) in [6.45, 7) is 0.437. The quantitative estimate of drug-likeness (QED) is 0.504. The lowest BCUT2D eigenvalue weighted by atomic mass is 9.86. The minimum atomic E-state index is -1.15. The molecule has 4 nitrogen and oxygen atoms in total. The van der Waals surface area contributed by atoms with E-state index in [-0.39, 0.29) is 11.6 Å². The molecule has 0 saturated heterocycles. The van der Waals surface area contributed by atoms with Gasteiger partial charge in [0.1, 0.15) is 5.82 Å². The summed E-state index contributed by atoms with van der Waals surface area (Å²) < 4.78 is 14.5. The molecule has 0 bridgehead atoms. The molecule has 31 heavy (non-hydrogen) atoms. The Morgan fingerprint density at radius 2 is 1.87 bits per heavy atom. The molecule has 0 aromatic heterocycles. The molecule has 3 aromatic carbocycles. The summed E-state index contributed by atoms with van der Waals surface area (Å²) >= 11 is 5.90. The zero-order valence-corrected chi connectivity index (χ0v) is 17.6. The maximum Gasteiger partial charge on any atom is 0.335 e. The van der Waals surface area contributed by atoms with E-state index in [1.165, 1.54) is 17.7 Å². The van der Waals surface area contributed by atoms with E-state index in [1.807, 2.05) is 30.3 Å². The van der Waals surface area contributed by atoms with E-state index < -0.39 is 17.9 Å². The predicted molar refractivity (Wildman–Crippen MR) is 119 cm³/mol. The average molecular weight is 440 g/mol. The number of carbonyl (C=O) groups is 1. The van der Waals surface area contributed by atoms with E-state index >= 15 is 0 Å². The van der Waals surface area contributed by atoms with Crippen LogP contribution < -0.4 is 5.32 Å². The second kappa shape index (κ2) is 9.18. The number of nitrogens with one attached hydrogen (secondary N) is 1. The van der Waals surface area contributed by atoms with Gasteiger partial charge in [0, 0.05) is 23.2 Å². The van der Waals surface area contributed by atoms with Crippen LogP contribution in [0.5, 0.6) is 0 Å². The molecule has 4 rings (SSSR count). The molecule has 160 valence electrons. The second-order valence-corrected chi connectivity index (χ2v) is 8.34. The largest absolute Gasteiger partial charge is 0.478 e. The number of hydrogen-bond donors (Lipinski definition) is 3. The van der Waals surface area contributed by atoms with Crippen LogP contribution in [0.2, 0.25) is 5.02 Å². The first-order valence-corrected chi connectivity index (χ1v) is 10.6. The molecule has 0 fully saturated rings. The lowest BCUT2D eigenvalue weighted by molar-refractivity contribution is 0.0696. The highest BCUT2D eigenvalue weighted by Gasteiger charge is 2.21. The van der Waals surface area contributed by atoms with Gasteiger partial charge < -0.3 is 15.5 Å². The molecule has 0 unspecified atom stereocenters. The Hall–Kier alpha value is -2.73. The van der Waals surface area contributed by atoms with Gasteiger partial charge in [-0.2, -0.15) is 0 Å². The fraction of sp³-hybridized carbons (Fsp3) is 0.240. The van der Waals surface area contributed by atoms with Crippen molar-refractivity contribution in [1.82, 2.24) is 5.32 Å². The fourth-order valence-corrected chi connectivity index (χ4v) is 4.19. The molecular weight excluding hydrogens is 417 g/mol. The zero-order valence-electron chi connectivity index (χ0n) is 16.8. The topological polar surface area (TPSA) is 69.6 Å². The Morgan fingerprint density at radius 3 is 2.58 bits per heavy atom. The molecular formula is C25H23ClFNO3. The average Bonchev–Trinajstić information content (AvgIpc) is 2.77. The highest BCUT2D eigenvalue weighted by Crippen LogP contribution is 2.30. The van der Waals surface area contributed by atoms with Gasteiger partial charge in [0.15, 0.2) is 0 Å². The van der Waals surface area contributed by atoms with E-state index in [1.54, 1.807) is 12.1 Å². The Balaban J connectivity index is 1.45. The SMILES string of the molecule is O=C(O)c1ccc(-c2ccc3c(c2)C[C@@H](NC[C@H](O)c2ccc(Cl)cc2)CC3)c(F)c1. The number of hydrogen-bond acceptors (Lipinski definition) is 3.